The Morgan fingerprint density at radius 2 is 2.67 bits per heavy atom. The monoisotopic (exact) mass is 184 g/mol. The molecule has 0 radical (unpaired) electrons. The summed E-state index contributed by atoms with van der Waals surface area (Å²) in [5.41, 5.74) is 1.64. The lowest BCUT2D eigenvalue weighted by atomic mass is 10.4. The van der Waals surface area contributed by atoms with Crippen LogP contribution in [0.15, 0.2) is 11.7 Å². The third kappa shape index (κ3) is 1.33. The first kappa shape index (κ1) is 7.70. The van der Waals surface area contributed by atoms with Crippen molar-refractivity contribution >= 4 is 17.2 Å². The summed E-state index contributed by atoms with van der Waals surface area (Å²) >= 11 is 1.34. The van der Waals surface area contributed by atoms with Crippen LogP contribution in [0.3, 0.4) is 0 Å². The molecule has 0 aliphatic carbocycles. The molecule has 1 aromatic rings. The molecule has 0 bridgehead atoms. The molecule has 1 amide bonds. The Bertz CT molecular complexity index is 267. The van der Waals surface area contributed by atoms with Gasteiger partial charge in [0.1, 0.15) is 4.88 Å². The summed E-state index contributed by atoms with van der Waals surface area (Å²) in [4.78, 5) is 21.0. The van der Waals surface area contributed by atoms with Gasteiger partial charge in [-0.25, -0.2) is 5.06 Å². The van der Waals surface area contributed by atoms with E-state index in [4.69, 9.17) is 4.84 Å². The second kappa shape index (κ2) is 3.20. The highest BCUT2D eigenvalue weighted by Gasteiger charge is 2.21. The minimum absolute atomic E-state index is 0.0741. The number of hydrogen-bond donors (Lipinski definition) is 0. The molecule has 1 aliphatic rings. The van der Waals surface area contributed by atoms with Crippen LogP contribution in [0.25, 0.3) is 0 Å². The van der Waals surface area contributed by atoms with E-state index >= 15 is 0 Å². The fraction of sp³-hybridized carbons (Fsp3) is 0.429. The summed E-state index contributed by atoms with van der Waals surface area (Å²) in [6.45, 7) is 1.33. The van der Waals surface area contributed by atoms with Gasteiger partial charge in [-0.05, 0) is 6.42 Å². The minimum Gasteiger partial charge on any atom is -0.271 e. The quantitative estimate of drug-likeness (QED) is 0.651. The Hall–Kier alpha value is -0.940. The van der Waals surface area contributed by atoms with Crippen LogP contribution >= 0.6 is 11.3 Å². The molecule has 1 aromatic heterocycles. The van der Waals surface area contributed by atoms with Gasteiger partial charge in [-0.15, -0.1) is 11.3 Å². The number of hydrogen-bond acceptors (Lipinski definition) is 4. The first-order chi connectivity index (χ1) is 5.88. The highest BCUT2D eigenvalue weighted by Crippen LogP contribution is 2.13. The van der Waals surface area contributed by atoms with Crippen molar-refractivity contribution in [3.8, 4) is 0 Å². The zero-order valence-corrected chi connectivity index (χ0v) is 7.21. The Kier molecular flexibility index (Phi) is 2.05. The topological polar surface area (TPSA) is 42.4 Å². The van der Waals surface area contributed by atoms with E-state index in [0.29, 0.717) is 18.0 Å². The van der Waals surface area contributed by atoms with E-state index in [0.717, 1.165) is 6.42 Å². The van der Waals surface area contributed by atoms with Crippen LogP contribution in [0.4, 0.5) is 0 Å². The van der Waals surface area contributed by atoms with Crippen LogP contribution in [0.1, 0.15) is 16.1 Å². The Morgan fingerprint density at radius 3 is 3.25 bits per heavy atom. The maximum Gasteiger partial charge on any atom is 0.289 e. The summed E-state index contributed by atoms with van der Waals surface area (Å²) < 4.78 is 0. The van der Waals surface area contributed by atoms with Crippen LogP contribution in [0.5, 0.6) is 0 Å². The van der Waals surface area contributed by atoms with Crippen molar-refractivity contribution in [2.45, 2.75) is 6.42 Å². The first-order valence-corrected chi connectivity index (χ1v) is 4.59. The van der Waals surface area contributed by atoms with Gasteiger partial charge in [0.05, 0.1) is 24.9 Å². The predicted octanol–water partition coefficient (Wildman–Crippen LogP) is 0.921. The number of amides is 1. The third-order valence-corrected chi connectivity index (χ3v) is 2.38. The first-order valence-electron chi connectivity index (χ1n) is 3.71. The van der Waals surface area contributed by atoms with E-state index in [1.165, 1.54) is 16.4 Å². The largest absolute Gasteiger partial charge is 0.289 e. The van der Waals surface area contributed by atoms with Crippen molar-refractivity contribution in [1.29, 1.82) is 0 Å². The summed E-state index contributed by atoms with van der Waals surface area (Å²) in [5, 5.41) is 1.40. The van der Waals surface area contributed by atoms with Gasteiger partial charge in [-0.3, -0.25) is 14.6 Å². The zero-order chi connectivity index (χ0) is 8.39. The fourth-order valence-corrected chi connectivity index (χ4v) is 1.61. The average Bonchev–Trinajstić information content (AvgIpc) is 2.77. The summed E-state index contributed by atoms with van der Waals surface area (Å²) in [5.74, 6) is -0.0741. The van der Waals surface area contributed by atoms with E-state index in [1.54, 1.807) is 11.7 Å². The zero-order valence-electron chi connectivity index (χ0n) is 6.40. The summed E-state index contributed by atoms with van der Waals surface area (Å²) in [6, 6.07) is 0. The number of carbonyl (C=O) groups excluding carboxylic acids is 1. The Balaban J connectivity index is 2.09. The van der Waals surface area contributed by atoms with Crippen molar-refractivity contribution in [2.75, 3.05) is 13.2 Å². The van der Waals surface area contributed by atoms with Gasteiger partial charge in [0.2, 0.25) is 0 Å². The molecule has 0 N–H and O–H groups in total. The Morgan fingerprint density at radius 1 is 1.75 bits per heavy atom. The lowest BCUT2D eigenvalue weighted by Crippen LogP contribution is -2.25. The highest BCUT2D eigenvalue weighted by atomic mass is 32.1. The van der Waals surface area contributed by atoms with Gasteiger partial charge < -0.3 is 0 Å². The molecular weight excluding hydrogens is 176 g/mol. The molecule has 64 valence electrons. The van der Waals surface area contributed by atoms with Gasteiger partial charge >= 0.3 is 0 Å². The third-order valence-electron chi connectivity index (χ3n) is 1.62. The van der Waals surface area contributed by atoms with E-state index in [2.05, 4.69) is 4.98 Å². The molecule has 12 heavy (non-hydrogen) atoms. The minimum atomic E-state index is -0.0741. The Labute approximate surface area is 73.7 Å². The van der Waals surface area contributed by atoms with Crippen LogP contribution in [-0.4, -0.2) is 29.1 Å². The van der Waals surface area contributed by atoms with Gasteiger partial charge in [-0.2, -0.15) is 0 Å². The molecule has 0 spiro atoms. The molecule has 1 fully saturated rings. The van der Waals surface area contributed by atoms with Gasteiger partial charge in [0.15, 0.2) is 0 Å². The van der Waals surface area contributed by atoms with E-state index < -0.39 is 0 Å². The smallest absolute Gasteiger partial charge is 0.271 e. The second-order valence-electron chi connectivity index (χ2n) is 2.46. The fourth-order valence-electron chi connectivity index (χ4n) is 1.05. The van der Waals surface area contributed by atoms with E-state index in [-0.39, 0.29) is 5.91 Å². The van der Waals surface area contributed by atoms with Crippen molar-refractivity contribution in [1.82, 2.24) is 10.0 Å². The van der Waals surface area contributed by atoms with Crippen molar-refractivity contribution < 1.29 is 9.63 Å². The standard InChI is InChI=1S/C7H8N2O2S/c10-7(6-4-8-5-12-6)9-2-1-3-11-9/h4-5H,1-3H2. The average molecular weight is 184 g/mol. The normalized spacial score (nSPS) is 16.8. The molecule has 1 saturated heterocycles. The van der Waals surface area contributed by atoms with Crippen molar-refractivity contribution in [3.63, 3.8) is 0 Å². The SMILES string of the molecule is O=C(c1cncs1)N1CCCO1. The molecular formula is C7H8N2O2S. The number of hydroxylamine groups is 2. The maximum absolute atomic E-state index is 11.5. The van der Waals surface area contributed by atoms with Crippen molar-refractivity contribution in [3.05, 3.63) is 16.6 Å². The molecule has 2 rings (SSSR count). The summed E-state index contributed by atoms with van der Waals surface area (Å²) in [6.07, 6.45) is 2.49. The van der Waals surface area contributed by atoms with Crippen LogP contribution < -0.4 is 0 Å². The molecule has 0 saturated carbocycles. The second-order valence-corrected chi connectivity index (χ2v) is 3.35. The van der Waals surface area contributed by atoms with Crippen LogP contribution in [-0.2, 0) is 4.84 Å². The number of rotatable bonds is 1. The maximum atomic E-state index is 11.5. The number of nitrogens with zero attached hydrogens (tertiary/aromatic N) is 2. The lowest BCUT2D eigenvalue weighted by Gasteiger charge is -2.11. The molecule has 0 unspecified atom stereocenters. The molecule has 5 heteroatoms. The van der Waals surface area contributed by atoms with Crippen molar-refractivity contribution in [2.24, 2.45) is 0 Å². The van der Waals surface area contributed by atoms with Gasteiger partial charge in [0, 0.05) is 0 Å². The summed E-state index contributed by atoms with van der Waals surface area (Å²) in [7, 11) is 0. The van der Waals surface area contributed by atoms with Crippen LogP contribution in [0, 0.1) is 0 Å². The van der Waals surface area contributed by atoms with Gasteiger partial charge in [0.25, 0.3) is 5.91 Å². The highest BCUT2D eigenvalue weighted by molar-refractivity contribution is 7.11. The predicted molar refractivity (Wildman–Crippen MR) is 43.7 cm³/mol. The number of carbonyl (C=O) groups is 1. The number of thiazole rings is 1. The van der Waals surface area contributed by atoms with E-state index in [1.807, 2.05) is 0 Å². The van der Waals surface area contributed by atoms with E-state index in [9.17, 15) is 4.79 Å². The van der Waals surface area contributed by atoms with Gasteiger partial charge in [-0.1, -0.05) is 0 Å². The molecule has 1 aliphatic heterocycles. The lowest BCUT2D eigenvalue weighted by molar-refractivity contribution is -0.0765. The molecule has 0 atom stereocenters. The molecule has 0 aromatic carbocycles. The van der Waals surface area contributed by atoms with Crippen LogP contribution in [0.2, 0.25) is 0 Å². The molecule has 2 heterocycles. The molecule has 4 nitrogen and oxygen atoms in total. The number of aromatic nitrogens is 1.